The second-order valence-electron chi connectivity index (χ2n) is 8.45. The Labute approximate surface area is 219 Å². The van der Waals surface area contributed by atoms with Gasteiger partial charge in [-0.05, 0) is 30.7 Å². The fourth-order valence-corrected chi connectivity index (χ4v) is 3.48. The number of carbonyl (C=O) groups excluding carboxylic acids is 2. The summed E-state index contributed by atoms with van der Waals surface area (Å²) >= 11 is 0. The van der Waals surface area contributed by atoms with E-state index in [4.69, 9.17) is 0 Å². The van der Waals surface area contributed by atoms with E-state index in [1.165, 1.54) is 22.1 Å². The lowest BCUT2D eigenvalue weighted by atomic mass is 10.2. The molecule has 0 radical (unpaired) electrons. The molecule has 0 saturated carbocycles. The van der Waals surface area contributed by atoms with E-state index in [2.05, 4.69) is 41.9 Å². The molecule has 1 atom stereocenters. The van der Waals surface area contributed by atoms with Crippen molar-refractivity contribution in [3.05, 3.63) is 77.8 Å². The quantitative estimate of drug-likeness (QED) is 0.262. The van der Waals surface area contributed by atoms with Crippen LogP contribution in [0.4, 0.5) is 23.4 Å². The molecule has 0 aromatic carbocycles. The molecule has 1 unspecified atom stereocenters. The summed E-state index contributed by atoms with van der Waals surface area (Å²) in [5, 5.41) is 14.2. The van der Waals surface area contributed by atoms with Crippen molar-refractivity contribution in [1.29, 1.82) is 0 Å². The van der Waals surface area contributed by atoms with Gasteiger partial charge >= 0.3 is 6.18 Å². The van der Waals surface area contributed by atoms with Crippen molar-refractivity contribution in [1.82, 2.24) is 46.2 Å². The molecule has 4 rings (SSSR count). The number of hydrogen-bond acceptors (Lipinski definition) is 9. The summed E-state index contributed by atoms with van der Waals surface area (Å²) in [4.78, 5) is 32.3. The zero-order valence-electron chi connectivity index (χ0n) is 20.3. The highest BCUT2D eigenvalue weighted by Gasteiger charge is 2.30. The number of halogens is 4. The lowest BCUT2D eigenvalue weighted by molar-refractivity contribution is -0.137. The van der Waals surface area contributed by atoms with Gasteiger partial charge in [0.15, 0.2) is 5.82 Å². The molecule has 1 aliphatic rings. The van der Waals surface area contributed by atoms with E-state index in [9.17, 15) is 27.2 Å². The molecule has 1 aliphatic heterocycles. The molecule has 0 fully saturated rings. The number of nitrogens with zero attached hydrogens (tertiary/aromatic N) is 6. The summed E-state index contributed by atoms with van der Waals surface area (Å²) in [6.07, 6.45) is -0.268. The van der Waals surface area contributed by atoms with Crippen LogP contribution < -0.4 is 21.6 Å². The highest BCUT2D eigenvalue weighted by molar-refractivity contribution is 5.92. The molecular weight excluding hydrogens is 524 g/mol. The van der Waals surface area contributed by atoms with Crippen LogP contribution in [0, 0.1) is 0 Å². The Hall–Kier alpha value is -4.60. The Kier molecular flexibility index (Phi) is 8.65. The van der Waals surface area contributed by atoms with Crippen molar-refractivity contribution in [2.24, 2.45) is 0 Å². The number of carbonyl (C=O) groups is 2. The number of hydrogen-bond donors (Lipinski definition) is 4. The van der Waals surface area contributed by atoms with Crippen LogP contribution in [-0.4, -0.2) is 54.5 Å². The van der Waals surface area contributed by atoms with Gasteiger partial charge in [0.05, 0.1) is 37.0 Å². The van der Waals surface area contributed by atoms with Crippen LogP contribution in [0.1, 0.15) is 23.4 Å². The van der Waals surface area contributed by atoms with Gasteiger partial charge in [-0.3, -0.25) is 30.0 Å². The van der Waals surface area contributed by atoms with Gasteiger partial charge < -0.3 is 10.6 Å². The first kappa shape index (κ1) is 27.4. The van der Waals surface area contributed by atoms with Gasteiger partial charge in [-0.1, -0.05) is 11.3 Å². The summed E-state index contributed by atoms with van der Waals surface area (Å²) < 4.78 is 54.3. The van der Waals surface area contributed by atoms with E-state index in [1.807, 2.05) is 0 Å². The minimum atomic E-state index is -4.51. The number of nitrogens with one attached hydrogen (secondary N) is 4. The zero-order valence-corrected chi connectivity index (χ0v) is 20.3. The van der Waals surface area contributed by atoms with Crippen molar-refractivity contribution >= 4 is 17.6 Å². The zero-order chi connectivity index (χ0) is 27.8. The Morgan fingerprint density at radius 1 is 1.10 bits per heavy atom. The smallest absolute Gasteiger partial charge is 0.345 e. The number of amides is 2. The molecule has 0 bridgehead atoms. The third-order valence-electron chi connectivity index (χ3n) is 5.38. The minimum Gasteiger partial charge on any atom is -0.345 e. The van der Waals surface area contributed by atoms with Gasteiger partial charge in [-0.25, -0.2) is 9.07 Å². The van der Waals surface area contributed by atoms with Crippen LogP contribution in [0.5, 0.6) is 0 Å². The normalized spacial score (nSPS) is 13.9. The van der Waals surface area contributed by atoms with Crippen LogP contribution in [-0.2, 0) is 35.3 Å². The predicted octanol–water partition coefficient (Wildman–Crippen LogP) is 1.48. The van der Waals surface area contributed by atoms with E-state index >= 15 is 0 Å². The van der Waals surface area contributed by atoms with Gasteiger partial charge in [0, 0.05) is 30.8 Å². The topological polar surface area (TPSA) is 142 Å². The van der Waals surface area contributed by atoms with Gasteiger partial charge in [-0.2, -0.15) is 13.2 Å². The first-order valence-electron chi connectivity index (χ1n) is 11.7. The Morgan fingerprint density at radius 3 is 2.69 bits per heavy atom. The third kappa shape index (κ3) is 8.19. The molecule has 39 heavy (non-hydrogen) atoms. The molecule has 0 spiro atoms. The molecule has 3 aromatic heterocycles. The largest absolute Gasteiger partial charge is 0.416 e. The number of aromatic nitrogens is 5. The molecule has 206 valence electrons. The van der Waals surface area contributed by atoms with Gasteiger partial charge in [-0.15, -0.1) is 10.6 Å². The summed E-state index contributed by atoms with van der Waals surface area (Å²) in [5.41, 5.74) is 5.19. The molecular formula is C23H24F4N10O2. The van der Waals surface area contributed by atoms with E-state index in [0.717, 1.165) is 18.3 Å². The average molecular weight is 549 g/mol. The highest BCUT2D eigenvalue weighted by Crippen LogP contribution is 2.28. The Bertz CT molecular complexity index is 1320. The first-order valence-corrected chi connectivity index (χ1v) is 11.7. The monoisotopic (exact) mass is 548 g/mol. The molecule has 0 aliphatic carbocycles. The van der Waals surface area contributed by atoms with Crippen LogP contribution in [0.25, 0.3) is 0 Å². The third-order valence-corrected chi connectivity index (χ3v) is 5.38. The van der Waals surface area contributed by atoms with Crippen LogP contribution in [0.3, 0.4) is 0 Å². The van der Waals surface area contributed by atoms with E-state index in [1.54, 1.807) is 24.4 Å². The summed E-state index contributed by atoms with van der Waals surface area (Å²) in [6, 6.07) is 6.94. The van der Waals surface area contributed by atoms with E-state index in [0.29, 0.717) is 5.69 Å². The molecule has 4 heterocycles. The highest BCUT2D eigenvalue weighted by atomic mass is 19.4. The second-order valence-corrected chi connectivity index (χ2v) is 8.45. The fraction of sp³-hybridized carbons (Fsp3) is 0.304. The maximum Gasteiger partial charge on any atom is 0.416 e. The lowest BCUT2D eigenvalue weighted by Crippen LogP contribution is -2.40. The minimum absolute atomic E-state index is 0.0471. The summed E-state index contributed by atoms with van der Waals surface area (Å²) in [7, 11) is 0. The fourth-order valence-electron chi connectivity index (χ4n) is 3.48. The SMILES string of the molecule is O=C(Cc1ccccn1)Nc1cn(CC(F)CCN2C=C(C(=O)NCc3cc(C(F)(F)F)ccn3)NN2)nn1. The molecule has 4 N–H and O–H groups in total. The first-order chi connectivity index (χ1) is 18.7. The van der Waals surface area contributed by atoms with Crippen molar-refractivity contribution in [3.63, 3.8) is 0 Å². The van der Waals surface area contributed by atoms with Crippen molar-refractivity contribution < 1.29 is 27.2 Å². The van der Waals surface area contributed by atoms with Gasteiger partial charge in [0.1, 0.15) is 11.9 Å². The van der Waals surface area contributed by atoms with E-state index < -0.39 is 23.8 Å². The molecule has 16 heteroatoms. The number of pyridine rings is 2. The van der Waals surface area contributed by atoms with Gasteiger partial charge in [0.25, 0.3) is 5.91 Å². The number of anilines is 1. The number of alkyl halides is 4. The standard InChI is InChI=1S/C23H24F4N10O2/c24-16(12-37-14-20(33-35-37)31-21(38)10-17-3-1-2-6-28-17)5-8-36-13-19(32-34-36)22(39)30-11-18-9-15(4-7-29-18)23(25,26)27/h1-4,6-7,9,13-14,16,32,34H,5,8,10-12H2,(H,30,39)(H,31,38). The second kappa shape index (κ2) is 12.3. The predicted molar refractivity (Wildman–Crippen MR) is 128 cm³/mol. The average Bonchev–Trinajstić information content (AvgIpc) is 3.56. The van der Waals surface area contributed by atoms with Gasteiger partial charge in [0.2, 0.25) is 5.91 Å². The van der Waals surface area contributed by atoms with Crippen molar-refractivity contribution in [2.45, 2.75) is 38.3 Å². The Balaban J connectivity index is 1.18. The number of rotatable bonds is 11. The summed E-state index contributed by atoms with van der Waals surface area (Å²) in [6.45, 7) is -0.133. The maximum atomic E-state index is 14.5. The molecule has 2 amide bonds. The maximum absolute atomic E-state index is 14.5. The van der Waals surface area contributed by atoms with Crippen molar-refractivity contribution in [3.8, 4) is 0 Å². The molecule has 12 nitrogen and oxygen atoms in total. The molecule has 0 saturated heterocycles. The van der Waals surface area contributed by atoms with Crippen LogP contribution in [0.15, 0.2) is 60.8 Å². The Morgan fingerprint density at radius 2 is 1.92 bits per heavy atom. The summed E-state index contributed by atoms with van der Waals surface area (Å²) in [5.74, 6) is -0.725. The van der Waals surface area contributed by atoms with Crippen LogP contribution in [0.2, 0.25) is 0 Å². The number of hydrazine groups is 2. The van der Waals surface area contributed by atoms with Crippen LogP contribution >= 0.6 is 0 Å². The van der Waals surface area contributed by atoms with E-state index in [-0.39, 0.29) is 55.6 Å². The van der Waals surface area contributed by atoms with Crippen molar-refractivity contribution in [2.75, 3.05) is 11.9 Å². The lowest BCUT2D eigenvalue weighted by Gasteiger charge is -2.16. The molecule has 3 aromatic rings.